The molecule has 1 aliphatic rings. The molecule has 0 radical (unpaired) electrons. The summed E-state index contributed by atoms with van der Waals surface area (Å²) >= 11 is 0. The highest BCUT2D eigenvalue weighted by atomic mass is 16.7. The van der Waals surface area contributed by atoms with E-state index in [0.29, 0.717) is 25.7 Å². The fraction of sp³-hybridized carbons (Fsp3) is 0.778. The van der Waals surface area contributed by atoms with Crippen molar-refractivity contribution in [2.45, 2.75) is 25.7 Å². The molecule has 0 saturated carbocycles. The maximum Gasteiger partial charge on any atom is 0.308 e. The van der Waals surface area contributed by atoms with Gasteiger partial charge in [-0.05, 0) is 12.8 Å². The molecule has 1 fully saturated rings. The second-order valence-corrected chi connectivity index (χ2v) is 2.80. The van der Waals surface area contributed by atoms with E-state index in [-0.39, 0.29) is 31.9 Å². The molecule has 0 aromatic rings. The second kappa shape index (κ2) is 9.42. The normalized spacial score (nSPS) is 17.2. The number of rotatable bonds is 1. The topological polar surface area (TPSA) is 93.1 Å². The van der Waals surface area contributed by atoms with Crippen molar-refractivity contribution in [1.82, 2.24) is 0 Å². The summed E-state index contributed by atoms with van der Waals surface area (Å²) in [5.41, 5.74) is 0. The highest BCUT2D eigenvalue weighted by Crippen LogP contribution is 2.05. The molecule has 6 nitrogen and oxygen atoms in total. The Bertz CT molecular complexity index is 171. The molecule has 0 aliphatic carbocycles. The lowest BCUT2D eigenvalue weighted by Gasteiger charge is -2.01. The summed E-state index contributed by atoms with van der Waals surface area (Å²) in [4.78, 5) is 21.4. The van der Waals surface area contributed by atoms with Crippen LogP contribution >= 0.6 is 0 Å². The first-order valence-electron chi connectivity index (χ1n) is 4.73. The van der Waals surface area contributed by atoms with Crippen molar-refractivity contribution in [2.75, 3.05) is 20.0 Å². The number of hydrogen-bond acceptors (Lipinski definition) is 6. The number of carbonyl (C=O) groups is 2. The number of carbonyl (C=O) groups excluding carboxylic acids is 2. The van der Waals surface area contributed by atoms with Gasteiger partial charge in [-0.3, -0.25) is 9.59 Å². The minimum atomic E-state index is -0.292. The minimum absolute atomic E-state index is 0.125. The van der Waals surface area contributed by atoms with Crippen molar-refractivity contribution < 1.29 is 29.3 Å². The lowest BCUT2D eigenvalue weighted by Crippen LogP contribution is -2.09. The Balaban J connectivity index is 0.000000423. The highest BCUT2D eigenvalue weighted by molar-refractivity contribution is 5.71. The molecule has 0 bridgehead atoms. The minimum Gasteiger partial charge on any atom is -0.428 e. The largest absolute Gasteiger partial charge is 0.428 e. The number of aliphatic hydroxyl groups excluding tert-OH is 2. The highest BCUT2D eigenvalue weighted by Gasteiger charge is 2.09. The zero-order valence-corrected chi connectivity index (χ0v) is 8.48. The van der Waals surface area contributed by atoms with E-state index in [1.807, 2.05) is 0 Å². The van der Waals surface area contributed by atoms with Crippen molar-refractivity contribution in [3.05, 3.63) is 0 Å². The molecule has 0 atom stereocenters. The van der Waals surface area contributed by atoms with Crippen LogP contribution in [-0.2, 0) is 19.1 Å². The van der Waals surface area contributed by atoms with Crippen LogP contribution in [0.25, 0.3) is 0 Å². The summed E-state index contributed by atoms with van der Waals surface area (Å²) in [6, 6.07) is 0. The van der Waals surface area contributed by atoms with Gasteiger partial charge in [0.25, 0.3) is 0 Å². The molecule has 0 amide bonds. The quantitative estimate of drug-likeness (QED) is 0.583. The van der Waals surface area contributed by atoms with E-state index in [2.05, 4.69) is 9.47 Å². The molecule has 0 aromatic carbocycles. The van der Waals surface area contributed by atoms with Crippen LogP contribution in [0.5, 0.6) is 0 Å². The summed E-state index contributed by atoms with van der Waals surface area (Å²) in [7, 11) is 0. The van der Waals surface area contributed by atoms with Crippen LogP contribution in [0.4, 0.5) is 0 Å². The van der Waals surface area contributed by atoms with Gasteiger partial charge in [0.2, 0.25) is 6.79 Å². The molecular formula is C9H16O6. The summed E-state index contributed by atoms with van der Waals surface area (Å²) < 4.78 is 9.10. The van der Waals surface area contributed by atoms with Gasteiger partial charge in [-0.25, -0.2) is 0 Å². The molecule has 88 valence electrons. The molecule has 6 heteroatoms. The first-order chi connectivity index (χ1) is 7.20. The van der Waals surface area contributed by atoms with Gasteiger partial charge in [0.15, 0.2) is 0 Å². The van der Waals surface area contributed by atoms with Crippen LogP contribution in [0, 0.1) is 0 Å². The fourth-order valence-electron chi connectivity index (χ4n) is 0.844. The average molecular weight is 220 g/mol. The summed E-state index contributed by atoms with van der Waals surface area (Å²) in [6.45, 7) is -0.475. The zero-order valence-electron chi connectivity index (χ0n) is 8.48. The van der Waals surface area contributed by atoms with E-state index in [1.165, 1.54) is 0 Å². The summed E-state index contributed by atoms with van der Waals surface area (Å²) in [6.07, 6.45) is 2.18. The molecule has 1 saturated heterocycles. The van der Waals surface area contributed by atoms with Gasteiger partial charge in [0.05, 0.1) is 13.2 Å². The molecule has 1 heterocycles. The van der Waals surface area contributed by atoms with E-state index < -0.39 is 0 Å². The molecule has 2 N–H and O–H groups in total. The second-order valence-electron chi connectivity index (χ2n) is 2.80. The third kappa shape index (κ3) is 9.17. The van der Waals surface area contributed by atoms with Gasteiger partial charge < -0.3 is 19.7 Å². The smallest absolute Gasteiger partial charge is 0.308 e. The Hall–Kier alpha value is -1.14. The van der Waals surface area contributed by atoms with Gasteiger partial charge in [-0.2, -0.15) is 0 Å². The van der Waals surface area contributed by atoms with Crippen LogP contribution in [0.1, 0.15) is 25.7 Å². The van der Waals surface area contributed by atoms with E-state index in [0.717, 1.165) is 0 Å². The molecule has 15 heavy (non-hydrogen) atoms. The van der Waals surface area contributed by atoms with Crippen molar-refractivity contribution in [3.63, 3.8) is 0 Å². The van der Waals surface area contributed by atoms with Crippen LogP contribution in [-0.4, -0.2) is 42.2 Å². The predicted octanol–water partition coefficient (Wildman–Crippen LogP) is -0.425. The Morgan fingerprint density at radius 3 is 1.67 bits per heavy atom. The maximum atomic E-state index is 10.7. The summed E-state index contributed by atoms with van der Waals surface area (Å²) in [5.74, 6) is -0.584. The van der Waals surface area contributed by atoms with E-state index in [9.17, 15) is 9.59 Å². The third-order valence-corrected chi connectivity index (χ3v) is 1.55. The number of esters is 2. The van der Waals surface area contributed by atoms with Crippen molar-refractivity contribution >= 4 is 11.9 Å². The van der Waals surface area contributed by atoms with E-state index in [4.69, 9.17) is 10.2 Å². The van der Waals surface area contributed by atoms with Crippen molar-refractivity contribution in [3.8, 4) is 0 Å². The molecular weight excluding hydrogens is 204 g/mol. The number of cyclic esters (lactones) is 2. The zero-order chi connectivity index (χ0) is 11.5. The van der Waals surface area contributed by atoms with Crippen LogP contribution in [0.15, 0.2) is 0 Å². The van der Waals surface area contributed by atoms with Crippen molar-refractivity contribution in [2.24, 2.45) is 0 Å². The van der Waals surface area contributed by atoms with Gasteiger partial charge in [-0.15, -0.1) is 0 Å². The fourth-order valence-corrected chi connectivity index (χ4v) is 0.844. The Labute approximate surface area is 87.8 Å². The lowest BCUT2D eigenvalue weighted by molar-refractivity contribution is -0.165. The monoisotopic (exact) mass is 220 g/mol. The van der Waals surface area contributed by atoms with E-state index in [1.54, 1.807) is 0 Å². The Morgan fingerprint density at radius 1 is 0.933 bits per heavy atom. The first kappa shape index (κ1) is 13.9. The standard InChI is InChI=1S/C7H10O4.C2H6O2/c8-6-3-1-2-4-7(9)11-5-10-6;3-1-2-4/h1-5H2;3-4H,1-2H2. The van der Waals surface area contributed by atoms with E-state index >= 15 is 0 Å². The number of aliphatic hydroxyl groups is 2. The van der Waals surface area contributed by atoms with Gasteiger partial charge in [0.1, 0.15) is 0 Å². The molecule has 0 aromatic heterocycles. The molecule has 1 aliphatic heterocycles. The number of hydrogen-bond donors (Lipinski definition) is 2. The number of ether oxygens (including phenoxy) is 2. The van der Waals surface area contributed by atoms with Crippen LogP contribution < -0.4 is 0 Å². The van der Waals surface area contributed by atoms with Crippen LogP contribution in [0.2, 0.25) is 0 Å². The first-order valence-corrected chi connectivity index (χ1v) is 4.73. The SMILES string of the molecule is O=C1CCCCC(=O)OCO1.OCCO. The van der Waals surface area contributed by atoms with Gasteiger partial charge in [-0.1, -0.05) is 0 Å². The van der Waals surface area contributed by atoms with Gasteiger partial charge >= 0.3 is 11.9 Å². The lowest BCUT2D eigenvalue weighted by atomic mass is 10.2. The molecule has 0 spiro atoms. The summed E-state index contributed by atoms with van der Waals surface area (Å²) in [5, 5.41) is 15.2. The predicted molar refractivity (Wildman–Crippen MR) is 49.7 cm³/mol. The van der Waals surface area contributed by atoms with Crippen molar-refractivity contribution in [1.29, 1.82) is 0 Å². The Morgan fingerprint density at radius 2 is 1.33 bits per heavy atom. The maximum absolute atomic E-state index is 10.7. The molecule has 1 rings (SSSR count). The van der Waals surface area contributed by atoms with Crippen LogP contribution in [0.3, 0.4) is 0 Å². The third-order valence-electron chi connectivity index (χ3n) is 1.55. The van der Waals surface area contributed by atoms with Gasteiger partial charge in [0, 0.05) is 12.8 Å². The average Bonchev–Trinajstić information content (AvgIpc) is 2.32. The molecule has 0 unspecified atom stereocenters. The Kier molecular flexibility index (Phi) is 8.70.